The SMILES string of the molecule is CC[C@@H](NC(=O)OC(C)(C)C)C(=O)Oc1cc(O)c2c(=O)c3ccccc3oc2c1. The molecule has 8 nitrogen and oxygen atoms in total. The van der Waals surface area contributed by atoms with E-state index in [1.807, 2.05) is 0 Å². The lowest BCUT2D eigenvalue weighted by Gasteiger charge is -2.22. The second-order valence-electron chi connectivity index (χ2n) is 7.77. The number of esters is 1. The van der Waals surface area contributed by atoms with E-state index in [1.54, 1.807) is 52.0 Å². The molecule has 30 heavy (non-hydrogen) atoms. The molecule has 0 saturated carbocycles. The number of ether oxygens (including phenoxy) is 2. The summed E-state index contributed by atoms with van der Waals surface area (Å²) >= 11 is 0. The number of rotatable bonds is 4. The molecule has 3 rings (SSSR count). The molecule has 1 atom stereocenters. The third kappa shape index (κ3) is 4.53. The number of alkyl carbamates (subject to hydrolysis) is 1. The third-order valence-electron chi connectivity index (χ3n) is 4.24. The van der Waals surface area contributed by atoms with E-state index in [0.29, 0.717) is 11.0 Å². The van der Waals surface area contributed by atoms with Crippen LogP contribution >= 0.6 is 0 Å². The average Bonchev–Trinajstić information content (AvgIpc) is 2.64. The van der Waals surface area contributed by atoms with Gasteiger partial charge in [-0.05, 0) is 39.3 Å². The summed E-state index contributed by atoms with van der Waals surface area (Å²) in [7, 11) is 0. The van der Waals surface area contributed by atoms with E-state index in [0.717, 1.165) is 6.07 Å². The highest BCUT2D eigenvalue weighted by Gasteiger charge is 2.25. The predicted octanol–water partition coefficient (Wildman–Crippen LogP) is 3.86. The van der Waals surface area contributed by atoms with Gasteiger partial charge in [-0.3, -0.25) is 4.79 Å². The number of fused-ring (bicyclic) bond motifs is 2. The van der Waals surface area contributed by atoms with Crippen molar-refractivity contribution in [1.29, 1.82) is 0 Å². The Labute approximate surface area is 172 Å². The van der Waals surface area contributed by atoms with Gasteiger partial charge >= 0.3 is 12.1 Å². The fourth-order valence-electron chi connectivity index (χ4n) is 2.90. The van der Waals surface area contributed by atoms with Gasteiger partial charge in [0, 0.05) is 12.1 Å². The number of carbonyl (C=O) groups excluding carboxylic acids is 2. The molecule has 0 radical (unpaired) electrons. The Morgan fingerprint density at radius 3 is 2.53 bits per heavy atom. The van der Waals surface area contributed by atoms with Crippen LogP contribution in [0.15, 0.2) is 45.6 Å². The summed E-state index contributed by atoms with van der Waals surface area (Å²) in [6.07, 6.45) is -0.484. The summed E-state index contributed by atoms with van der Waals surface area (Å²) in [4.78, 5) is 37.1. The summed E-state index contributed by atoms with van der Waals surface area (Å²) in [6, 6.07) is 8.19. The lowest BCUT2D eigenvalue weighted by atomic mass is 10.1. The fourth-order valence-corrected chi connectivity index (χ4v) is 2.90. The van der Waals surface area contributed by atoms with Crippen LogP contribution in [0.25, 0.3) is 21.9 Å². The van der Waals surface area contributed by atoms with Crippen molar-refractivity contribution in [2.75, 3.05) is 0 Å². The van der Waals surface area contributed by atoms with Crippen LogP contribution in [0.1, 0.15) is 34.1 Å². The molecule has 0 aliphatic rings. The van der Waals surface area contributed by atoms with Gasteiger partial charge in [-0.15, -0.1) is 0 Å². The van der Waals surface area contributed by atoms with Crippen LogP contribution in [0.3, 0.4) is 0 Å². The maximum Gasteiger partial charge on any atom is 0.408 e. The van der Waals surface area contributed by atoms with Gasteiger partial charge in [0.25, 0.3) is 0 Å². The Bertz CT molecular complexity index is 1170. The van der Waals surface area contributed by atoms with Gasteiger partial charge in [-0.1, -0.05) is 19.1 Å². The summed E-state index contributed by atoms with van der Waals surface area (Å²) in [6.45, 7) is 6.83. The molecule has 0 fully saturated rings. The highest BCUT2D eigenvalue weighted by molar-refractivity contribution is 5.94. The van der Waals surface area contributed by atoms with Crippen molar-refractivity contribution in [2.24, 2.45) is 0 Å². The molecule has 1 aromatic heterocycles. The van der Waals surface area contributed by atoms with E-state index in [4.69, 9.17) is 13.9 Å². The van der Waals surface area contributed by atoms with E-state index < -0.39 is 23.7 Å². The maximum absolute atomic E-state index is 12.6. The zero-order chi connectivity index (χ0) is 22.1. The number of aromatic hydroxyl groups is 1. The number of hydrogen-bond donors (Lipinski definition) is 2. The summed E-state index contributed by atoms with van der Waals surface area (Å²) in [5.74, 6) is -1.14. The number of para-hydroxylation sites is 1. The van der Waals surface area contributed by atoms with Crippen LogP contribution in [0, 0.1) is 0 Å². The largest absolute Gasteiger partial charge is 0.507 e. The molecule has 1 heterocycles. The van der Waals surface area contributed by atoms with Crippen molar-refractivity contribution in [3.63, 3.8) is 0 Å². The van der Waals surface area contributed by atoms with Crippen LogP contribution in [0.5, 0.6) is 11.5 Å². The van der Waals surface area contributed by atoms with Crippen LogP contribution in [0.4, 0.5) is 4.79 Å². The number of phenols is 1. The van der Waals surface area contributed by atoms with Crippen molar-refractivity contribution in [2.45, 2.75) is 45.8 Å². The van der Waals surface area contributed by atoms with Gasteiger partial charge in [-0.25, -0.2) is 9.59 Å². The quantitative estimate of drug-likeness (QED) is 0.379. The predicted molar refractivity (Wildman–Crippen MR) is 111 cm³/mol. The maximum atomic E-state index is 12.6. The highest BCUT2D eigenvalue weighted by Crippen LogP contribution is 2.30. The number of hydrogen-bond acceptors (Lipinski definition) is 7. The first-order valence-electron chi connectivity index (χ1n) is 9.49. The van der Waals surface area contributed by atoms with Gasteiger partial charge in [0.15, 0.2) is 0 Å². The van der Waals surface area contributed by atoms with Crippen molar-refractivity contribution in [3.05, 3.63) is 46.6 Å². The molecule has 0 bridgehead atoms. The third-order valence-corrected chi connectivity index (χ3v) is 4.24. The van der Waals surface area contributed by atoms with Gasteiger partial charge in [0.05, 0.1) is 5.39 Å². The molecule has 3 aromatic rings. The number of phenolic OH excluding ortho intramolecular Hbond substituents is 1. The smallest absolute Gasteiger partial charge is 0.408 e. The number of amides is 1. The normalized spacial score (nSPS) is 12.5. The summed E-state index contributed by atoms with van der Waals surface area (Å²) < 4.78 is 16.2. The standard InChI is InChI=1S/C22H23NO7/c1-5-14(23-21(27)30-22(2,3)4)20(26)28-12-10-15(24)18-17(11-12)29-16-9-7-6-8-13(16)19(18)25/h6-11,14,24H,5H2,1-4H3,(H,23,27)/t14-/m1/s1. The van der Waals surface area contributed by atoms with Crippen LogP contribution in [0.2, 0.25) is 0 Å². The first-order valence-corrected chi connectivity index (χ1v) is 9.49. The van der Waals surface area contributed by atoms with E-state index in [-0.39, 0.29) is 34.3 Å². The summed E-state index contributed by atoms with van der Waals surface area (Å²) in [5, 5.41) is 13.1. The Morgan fingerprint density at radius 2 is 1.87 bits per heavy atom. The zero-order valence-electron chi connectivity index (χ0n) is 17.1. The minimum atomic E-state index is -0.957. The van der Waals surface area contributed by atoms with Gasteiger partial charge < -0.3 is 24.3 Å². The zero-order valence-corrected chi connectivity index (χ0v) is 17.1. The number of benzene rings is 2. The monoisotopic (exact) mass is 413 g/mol. The Hall–Kier alpha value is -3.55. The molecule has 2 aromatic carbocycles. The van der Waals surface area contributed by atoms with Gasteiger partial charge in [-0.2, -0.15) is 0 Å². The summed E-state index contributed by atoms with van der Waals surface area (Å²) in [5.41, 5.74) is -0.678. The Morgan fingerprint density at radius 1 is 1.17 bits per heavy atom. The Balaban J connectivity index is 1.87. The van der Waals surface area contributed by atoms with Crippen LogP contribution in [-0.2, 0) is 9.53 Å². The molecular formula is C22H23NO7. The lowest BCUT2D eigenvalue weighted by molar-refractivity contribution is -0.136. The highest BCUT2D eigenvalue weighted by atomic mass is 16.6. The number of carbonyl (C=O) groups is 2. The van der Waals surface area contributed by atoms with Gasteiger partial charge in [0.1, 0.15) is 39.7 Å². The van der Waals surface area contributed by atoms with E-state index in [1.165, 1.54) is 6.07 Å². The van der Waals surface area contributed by atoms with Crippen molar-refractivity contribution in [1.82, 2.24) is 5.32 Å². The van der Waals surface area contributed by atoms with Crippen LogP contribution < -0.4 is 15.5 Å². The van der Waals surface area contributed by atoms with Gasteiger partial charge in [0.2, 0.25) is 5.43 Å². The molecule has 0 aliphatic carbocycles. The molecule has 158 valence electrons. The molecule has 0 unspecified atom stereocenters. The van der Waals surface area contributed by atoms with E-state index in [9.17, 15) is 19.5 Å². The molecule has 8 heteroatoms. The Kier molecular flexibility index (Phi) is 5.69. The number of nitrogens with one attached hydrogen (secondary N) is 1. The average molecular weight is 413 g/mol. The second-order valence-corrected chi connectivity index (χ2v) is 7.77. The van der Waals surface area contributed by atoms with E-state index in [2.05, 4.69) is 5.32 Å². The topological polar surface area (TPSA) is 115 Å². The van der Waals surface area contributed by atoms with E-state index >= 15 is 0 Å². The van der Waals surface area contributed by atoms with Crippen molar-refractivity contribution >= 4 is 34.0 Å². The molecule has 0 spiro atoms. The fraction of sp³-hybridized carbons (Fsp3) is 0.318. The minimum absolute atomic E-state index is 0.00702. The lowest BCUT2D eigenvalue weighted by Crippen LogP contribution is -2.44. The van der Waals surface area contributed by atoms with Crippen molar-refractivity contribution < 1.29 is 28.6 Å². The first kappa shape index (κ1) is 21.2. The molecule has 1 amide bonds. The van der Waals surface area contributed by atoms with Crippen molar-refractivity contribution in [3.8, 4) is 11.5 Å². The van der Waals surface area contributed by atoms with Crippen LogP contribution in [-0.4, -0.2) is 28.8 Å². The molecule has 0 aliphatic heterocycles. The first-order chi connectivity index (χ1) is 14.1. The molecule has 2 N–H and O–H groups in total. The minimum Gasteiger partial charge on any atom is -0.507 e. The second kappa shape index (κ2) is 8.06. The molecule has 0 saturated heterocycles. The molecular weight excluding hydrogens is 390 g/mol.